The van der Waals surface area contributed by atoms with E-state index < -0.39 is 0 Å². The maximum atomic E-state index is 5.77. The number of benzene rings is 1. The first-order chi connectivity index (χ1) is 13.2. The van der Waals surface area contributed by atoms with Gasteiger partial charge in [-0.15, -0.1) is 0 Å². The minimum Gasteiger partial charge on any atom is -0.494 e. The van der Waals surface area contributed by atoms with E-state index >= 15 is 0 Å². The molecule has 0 bridgehead atoms. The average Bonchev–Trinajstić information content (AvgIpc) is 2.69. The summed E-state index contributed by atoms with van der Waals surface area (Å²) >= 11 is 0. The lowest BCUT2D eigenvalue weighted by molar-refractivity contribution is 0.281. The largest absolute Gasteiger partial charge is 0.494 e. The number of guanidine groups is 1. The molecular weight excluding hydrogens is 338 g/mol. The van der Waals surface area contributed by atoms with Crippen LogP contribution in [0.15, 0.2) is 53.7 Å². The van der Waals surface area contributed by atoms with Crippen LogP contribution in [0.3, 0.4) is 0 Å². The Morgan fingerprint density at radius 3 is 2.59 bits per heavy atom. The monoisotopic (exact) mass is 369 g/mol. The Bertz CT molecular complexity index is 671. The maximum Gasteiger partial charge on any atom is 0.191 e. The molecule has 1 aromatic heterocycles. The fraction of sp³-hybridized carbons (Fsp3) is 0.429. The number of pyridine rings is 1. The number of hydrogen-bond donors (Lipinski definition) is 2. The minimum atomic E-state index is 0.610. The van der Waals surface area contributed by atoms with Crippen LogP contribution in [0.4, 0.5) is 0 Å². The second-order valence-electron chi connectivity index (χ2n) is 6.52. The van der Waals surface area contributed by atoms with Gasteiger partial charge < -0.3 is 20.3 Å². The number of ether oxygens (including phenoxy) is 1. The van der Waals surface area contributed by atoms with Gasteiger partial charge >= 0.3 is 0 Å². The molecular formula is C21H31N5O. The van der Waals surface area contributed by atoms with Crippen LogP contribution in [0.5, 0.6) is 5.75 Å². The summed E-state index contributed by atoms with van der Waals surface area (Å²) in [7, 11) is 4.14. The third-order valence-corrected chi connectivity index (χ3v) is 3.87. The standard InChI is InChI=1S/C21H31N5O/c1-4-22-21(25-17-19-8-5-6-13-23-19)24-16-18-9-11-20(12-10-18)27-15-7-14-26(2)3/h5-6,8-13H,4,7,14-17H2,1-3H3,(H2,22,24,25). The quantitative estimate of drug-likeness (QED) is 0.383. The van der Waals surface area contributed by atoms with Gasteiger partial charge in [0.25, 0.3) is 0 Å². The molecule has 0 saturated heterocycles. The maximum absolute atomic E-state index is 5.77. The smallest absolute Gasteiger partial charge is 0.191 e. The lowest BCUT2D eigenvalue weighted by Crippen LogP contribution is -2.36. The van der Waals surface area contributed by atoms with Crippen LogP contribution in [0, 0.1) is 0 Å². The first-order valence-corrected chi connectivity index (χ1v) is 9.46. The molecule has 0 aliphatic carbocycles. The zero-order valence-electron chi connectivity index (χ0n) is 16.6. The summed E-state index contributed by atoms with van der Waals surface area (Å²) in [5, 5.41) is 6.57. The second-order valence-corrected chi connectivity index (χ2v) is 6.52. The fourth-order valence-electron chi connectivity index (χ4n) is 2.45. The molecule has 6 nitrogen and oxygen atoms in total. The molecule has 0 amide bonds. The molecule has 0 unspecified atom stereocenters. The molecule has 2 rings (SSSR count). The van der Waals surface area contributed by atoms with E-state index in [1.165, 1.54) is 0 Å². The van der Waals surface area contributed by atoms with Crippen molar-refractivity contribution < 1.29 is 4.74 Å². The van der Waals surface area contributed by atoms with Gasteiger partial charge in [0.1, 0.15) is 5.75 Å². The van der Waals surface area contributed by atoms with Crippen molar-refractivity contribution in [3.63, 3.8) is 0 Å². The van der Waals surface area contributed by atoms with E-state index in [4.69, 9.17) is 4.74 Å². The van der Waals surface area contributed by atoms with Crippen LogP contribution in [-0.4, -0.2) is 49.6 Å². The van der Waals surface area contributed by atoms with Gasteiger partial charge in [0, 0.05) is 19.3 Å². The summed E-state index contributed by atoms with van der Waals surface area (Å²) in [4.78, 5) is 11.1. The van der Waals surface area contributed by atoms with Crippen LogP contribution >= 0.6 is 0 Å². The Hall–Kier alpha value is -2.60. The lowest BCUT2D eigenvalue weighted by Gasteiger charge is -2.11. The highest BCUT2D eigenvalue weighted by Crippen LogP contribution is 2.13. The Morgan fingerprint density at radius 1 is 1.11 bits per heavy atom. The predicted molar refractivity (Wildman–Crippen MR) is 111 cm³/mol. The highest BCUT2D eigenvalue weighted by atomic mass is 16.5. The average molecular weight is 370 g/mol. The number of aliphatic imine (C=N–C) groups is 1. The highest BCUT2D eigenvalue weighted by Gasteiger charge is 2.00. The normalized spacial score (nSPS) is 11.5. The van der Waals surface area contributed by atoms with Crippen molar-refractivity contribution >= 4 is 5.96 Å². The van der Waals surface area contributed by atoms with Crippen LogP contribution in [0.1, 0.15) is 24.6 Å². The zero-order valence-corrected chi connectivity index (χ0v) is 16.6. The van der Waals surface area contributed by atoms with Crippen LogP contribution < -0.4 is 15.4 Å². The summed E-state index contributed by atoms with van der Waals surface area (Å²) < 4.78 is 5.77. The van der Waals surface area contributed by atoms with Gasteiger partial charge in [-0.25, -0.2) is 4.99 Å². The Kier molecular flexibility index (Phi) is 9.13. The van der Waals surface area contributed by atoms with Crippen molar-refractivity contribution in [3.05, 3.63) is 59.9 Å². The summed E-state index contributed by atoms with van der Waals surface area (Å²) in [6, 6.07) is 14.0. The first-order valence-electron chi connectivity index (χ1n) is 9.46. The molecule has 146 valence electrons. The van der Waals surface area contributed by atoms with E-state index in [1.54, 1.807) is 6.20 Å². The summed E-state index contributed by atoms with van der Waals surface area (Å²) in [5.74, 6) is 1.69. The molecule has 0 aliphatic rings. The molecule has 2 N–H and O–H groups in total. The number of aromatic nitrogens is 1. The van der Waals surface area contributed by atoms with E-state index in [0.717, 1.165) is 49.1 Å². The summed E-state index contributed by atoms with van der Waals surface area (Å²) in [6.07, 6.45) is 2.82. The number of nitrogens with one attached hydrogen (secondary N) is 2. The van der Waals surface area contributed by atoms with Crippen LogP contribution in [0.2, 0.25) is 0 Å². The molecule has 1 heterocycles. The van der Waals surface area contributed by atoms with Gasteiger partial charge in [-0.2, -0.15) is 0 Å². The van der Waals surface area contributed by atoms with E-state index in [1.807, 2.05) is 30.3 Å². The number of nitrogens with zero attached hydrogens (tertiary/aromatic N) is 3. The molecule has 1 aromatic carbocycles. The molecule has 6 heteroatoms. The molecule has 0 aliphatic heterocycles. The molecule has 0 saturated carbocycles. The number of rotatable bonds is 10. The highest BCUT2D eigenvalue weighted by molar-refractivity contribution is 5.79. The Balaban J connectivity index is 1.82. The van der Waals surface area contributed by atoms with Crippen molar-refractivity contribution in [2.75, 3.05) is 33.8 Å². The number of hydrogen-bond acceptors (Lipinski definition) is 4. The molecule has 0 atom stereocenters. The van der Waals surface area contributed by atoms with Crippen molar-refractivity contribution in [3.8, 4) is 5.75 Å². The van der Waals surface area contributed by atoms with E-state index in [-0.39, 0.29) is 0 Å². The van der Waals surface area contributed by atoms with Gasteiger partial charge in [0.2, 0.25) is 0 Å². The fourth-order valence-corrected chi connectivity index (χ4v) is 2.45. The topological polar surface area (TPSA) is 61.8 Å². The summed E-state index contributed by atoms with van der Waals surface area (Å²) in [5.41, 5.74) is 2.13. The van der Waals surface area contributed by atoms with Gasteiger partial charge in [0.15, 0.2) is 5.96 Å². The van der Waals surface area contributed by atoms with Crippen molar-refractivity contribution in [1.29, 1.82) is 0 Å². The zero-order chi connectivity index (χ0) is 19.3. The molecule has 2 aromatic rings. The minimum absolute atomic E-state index is 0.610. The lowest BCUT2D eigenvalue weighted by atomic mass is 10.2. The first kappa shape index (κ1) is 20.7. The van der Waals surface area contributed by atoms with Crippen molar-refractivity contribution in [2.24, 2.45) is 4.99 Å². The SMILES string of the molecule is CCNC(=NCc1ccc(OCCCN(C)C)cc1)NCc1ccccn1. The van der Waals surface area contributed by atoms with Crippen molar-refractivity contribution in [1.82, 2.24) is 20.5 Å². The van der Waals surface area contributed by atoms with Crippen LogP contribution in [0.25, 0.3) is 0 Å². The van der Waals surface area contributed by atoms with E-state index in [2.05, 4.69) is 58.7 Å². The molecule has 0 fully saturated rings. The Morgan fingerprint density at radius 2 is 1.93 bits per heavy atom. The predicted octanol–water partition coefficient (Wildman–Crippen LogP) is 2.67. The third kappa shape index (κ3) is 8.55. The van der Waals surface area contributed by atoms with Gasteiger partial charge in [-0.05, 0) is 57.3 Å². The van der Waals surface area contributed by atoms with Gasteiger partial charge in [0.05, 0.1) is 25.4 Å². The second kappa shape index (κ2) is 11.9. The van der Waals surface area contributed by atoms with Crippen LogP contribution in [-0.2, 0) is 13.1 Å². The molecule has 0 spiro atoms. The summed E-state index contributed by atoms with van der Waals surface area (Å²) in [6.45, 7) is 5.89. The van der Waals surface area contributed by atoms with E-state index in [9.17, 15) is 0 Å². The Labute approximate surface area is 162 Å². The van der Waals surface area contributed by atoms with Crippen molar-refractivity contribution in [2.45, 2.75) is 26.4 Å². The molecule has 0 radical (unpaired) electrons. The molecule has 27 heavy (non-hydrogen) atoms. The van der Waals surface area contributed by atoms with Gasteiger partial charge in [-0.1, -0.05) is 18.2 Å². The third-order valence-electron chi connectivity index (χ3n) is 3.87. The van der Waals surface area contributed by atoms with E-state index in [0.29, 0.717) is 13.1 Å². The van der Waals surface area contributed by atoms with Gasteiger partial charge in [-0.3, -0.25) is 4.98 Å².